The van der Waals surface area contributed by atoms with Crippen LogP contribution >= 0.6 is 15.9 Å². The molecule has 4 N–H and O–H groups in total. The van der Waals surface area contributed by atoms with Gasteiger partial charge in [-0.1, -0.05) is 24.3 Å². The van der Waals surface area contributed by atoms with Crippen molar-refractivity contribution in [2.75, 3.05) is 35.6 Å². The van der Waals surface area contributed by atoms with E-state index in [4.69, 9.17) is 0 Å². The van der Waals surface area contributed by atoms with E-state index in [1.807, 2.05) is 56.3 Å². The summed E-state index contributed by atoms with van der Waals surface area (Å²) in [4.78, 5) is 23.1. The molecule has 0 aliphatic carbocycles. The second kappa shape index (κ2) is 11.6. The first-order valence-corrected chi connectivity index (χ1v) is 14.3. The standard InChI is InChI=1S/C29H32BrF3N6O2/c1-28(2)24-18(5-3-7-22(24)37-26(28)41)13-34-25-21(30)14-35-27(38-25)36-20-10-8-17(9-11-20)19-6-4-12-39(15-19)16-23(40)29(31,32)33/h3,5,7-11,14,19,23,40H,4,6,12-13,15-16H2,1-2H3,(H,37,41)(H2,34,35,36,38). The number of halogens is 4. The highest BCUT2D eigenvalue weighted by molar-refractivity contribution is 9.10. The predicted octanol–water partition coefficient (Wildman–Crippen LogP) is 5.93. The number of nitrogens with one attached hydrogen (secondary N) is 3. The van der Waals surface area contributed by atoms with Gasteiger partial charge in [0.15, 0.2) is 6.10 Å². The maximum Gasteiger partial charge on any atom is 0.415 e. The SMILES string of the molecule is CC1(C)C(=O)Nc2cccc(CNc3nc(Nc4ccc(C5CCCN(CC(O)C(F)(F)F)C5)cc4)ncc3Br)c21. The summed E-state index contributed by atoms with van der Waals surface area (Å²) in [6, 6.07) is 13.5. The first-order valence-electron chi connectivity index (χ1n) is 13.5. The van der Waals surface area contributed by atoms with Gasteiger partial charge in [-0.25, -0.2) is 4.98 Å². The molecule has 2 aliphatic rings. The maximum atomic E-state index is 12.8. The molecule has 1 amide bonds. The molecule has 3 aromatic rings. The topological polar surface area (TPSA) is 102 Å². The molecule has 12 heteroatoms. The fourth-order valence-electron chi connectivity index (χ4n) is 5.52. The summed E-state index contributed by atoms with van der Waals surface area (Å²) < 4.78 is 39.1. The molecular weight excluding hydrogens is 601 g/mol. The van der Waals surface area contributed by atoms with Crippen molar-refractivity contribution in [1.82, 2.24) is 14.9 Å². The zero-order valence-electron chi connectivity index (χ0n) is 22.7. The lowest BCUT2D eigenvalue weighted by molar-refractivity contribution is -0.208. The van der Waals surface area contributed by atoms with E-state index in [1.165, 1.54) is 0 Å². The van der Waals surface area contributed by atoms with Crippen LogP contribution in [-0.2, 0) is 16.8 Å². The van der Waals surface area contributed by atoms with Crippen molar-refractivity contribution < 1.29 is 23.1 Å². The molecule has 1 fully saturated rings. The first-order chi connectivity index (χ1) is 19.4. The van der Waals surface area contributed by atoms with E-state index < -0.39 is 24.2 Å². The normalized spacial score (nSPS) is 19.4. The van der Waals surface area contributed by atoms with Crippen LogP contribution in [0.5, 0.6) is 0 Å². The number of carbonyl (C=O) groups excluding carboxylic acids is 1. The van der Waals surface area contributed by atoms with Gasteiger partial charge < -0.3 is 21.1 Å². The average molecular weight is 634 g/mol. The molecule has 8 nitrogen and oxygen atoms in total. The number of carbonyl (C=O) groups is 1. The van der Waals surface area contributed by atoms with Crippen molar-refractivity contribution in [3.05, 3.63) is 69.8 Å². The predicted molar refractivity (Wildman–Crippen MR) is 155 cm³/mol. The monoisotopic (exact) mass is 632 g/mol. The van der Waals surface area contributed by atoms with Gasteiger partial charge in [-0.2, -0.15) is 18.2 Å². The lowest BCUT2D eigenvalue weighted by Crippen LogP contribution is -2.44. The number of aliphatic hydroxyl groups is 1. The molecule has 218 valence electrons. The van der Waals surface area contributed by atoms with Gasteiger partial charge in [0.1, 0.15) is 5.82 Å². The van der Waals surface area contributed by atoms with Crippen LogP contribution < -0.4 is 16.0 Å². The van der Waals surface area contributed by atoms with Crippen LogP contribution in [0.25, 0.3) is 0 Å². The Kier molecular flexibility index (Phi) is 8.27. The number of benzene rings is 2. The number of β-amino-alcohol motifs (C(OH)–C–C–N with tert-alkyl or cyclic N) is 1. The number of anilines is 4. The molecule has 5 rings (SSSR count). The van der Waals surface area contributed by atoms with Crippen LogP contribution in [0.3, 0.4) is 0 Å². The zero-order valence-corrected chi connectivity index (χ0v) is 24.3. The minimum Gasteiger partial charge on any atom is -0.382 e. The smallest absolute Gasteiger partial charge is 0.382 e. The Hall–Kier alpha value is -3.22. The first kappa shape index (κ1) is 29.3. The zero-order chi connectivity index (χ0) is 29.4. The third kappa shape index (κ3) is 6.49. The molecule has 1 saturated heterocycles. The highest BCUT2D eigenvalue weighted by atomic mass is 79.9. The number of rotatable bonds is 8. The molecular formula is C29H32BrF3N6O2. The summed E-state index contributed by atoms with van der Waals surface area (Å²) in [6.07, 6.45) is -3.64. The summed E-state index contributed by atoms with van der Waals surface area (Å²) in [5, 5.41) is 19.0. The van der Waals surface area contributed by atoms with Crippen molar-refractivity contribution in [2.45, 2.75) is 56.8 Å². The highest BCUT2D eigenvalue weighted by Crippen LogP contribution is 2.40. The lowest BCUT2D eigenvalue weighted by Gasteiger charge is -2.34. The van der Waals surface area contributed by atoms with Crippen LogP contribution in [0.2, 0.25) is 0 Å². The van der Waals surface area contributed by atoms with E-state index in [2.05, 4.69) is 41.8 Å². The maximum absolute atomic E-state index is 12.8. The second-order valence-electron chi connectivity index (χ2n) is 11.1. The third-order valence-electron chi connectivity index (χ3n) is 7.73. The molecule has 2 aliphatic heterocycles. The van der Waals surface area contributed by atoms with Crippen LogP contribution in [-0.4, -0.2) is 57.8 Å². The van der Waals surface area contributed by atoms with Crippen molar-refractivity contribution in [3.8, 4) is 0 Å². The fourth-order valence-corrected chi connectivity index (χ4v) is 5.85. The number of piperidine rings is 1. The Morgan fingerprint density at radius 3 is 2.71 bits per heavy atom. The molecule has 41 heavy (non-hydrogen) atoms. The van der Waals surface area contributed by atoms with Crippen LogP contribution in [0.4, 0.5) is 36.3 Å². The minimum absolute atomic E-state index is 0.0262. The van der Waals surface area contributed by atoms with Gasteiger partial charge in [0.05, 0.1) is 9.89 Å². The Balaban J connectivity index is 1.22. The lowest BCUT2D eigenvalue weighted by atomic mass is 9.83. The van der Waals surface area contributed by atoms with Crippen molar-refractivity contribution in [1.29, 1.82) is 0 Å². The van der Waals surface area contributed by atoms with E-state index >= 15 is 0 Å². The minimum atomic E-state index is -4.61. The van der Waals surface area contributed by atoms with Crippen molar-refractivity contribution in [2.24, 2.45) is 0 Å². The Bertz CT molecular complexity index is 1420. The van der Waals surface area contributed by atoms with Gasteiger partial charge in [-0.15, -0.1) is 0 Å². The number of hydrogen-bond acceptors (Lipinski definition) is 7. The largest absolute Gasteiger partial charge is 0.415 e. The number of alkyl halides is 3. The number of aromatic nitrogens is 2. The van der Waals surface area contributed by atoms with E-state index in [1.54, 1.807) is 11.1 Å². The van der Waals surface area contributed by atoms with Crippen LogP contribution in [0.1, 0.15) is 49.3 Å². The van der Waals surface area contributed by atoms with Crippen molar-refractivity contribution in [3.63, 3.8) is 0 Å². The summed E-state index contributed by atoms with van der Waals surface area (Å²) in [7, 11) is 0. The molecule has 2 aromatic carbocycles. The van der Waals surface area contributed by atoms with Crippen molar-refractivity contribution >= 4 is 45.0 Å². The van der Waals surface area contributed by atoms with Gasteiger partial charge in [0.2, 0.25) is 11.9 Å². The number of amides is 1. The fraction of sp³-hybridized carbons (Fsp3) is 0.414. The molecule has 2 atom stereocenters. The van der Waals surface area contributed by atoms with Crippen LogP contribution in [0, 0.1) is 0 Å². The Morgan fingerprint density at radius 1 is 1.22 bits per heavy atom. The van der Waals surface area contributed by atoms with Gasteiger partial charge in [0.25, 0.3) is 0 Å². The molecule has 3 heterocycles. The number of fused-ring (bicyclic) bond motifs is 1. The molecule has 0 bridgehead atoms. The summed E-state index contributed by atoms with van der Waals surface area (Å²) in [6.45, 7) is 4.89. The molecule has 0 radical (unpaired) electrons. The number of hydrogen-bond donors (Lipinski definition) is 4. The van der Waals surface area contributed by atoms with E-state index in [-0.39, 0.29) is 11.8 Å². The summed E-state index contributed by atoms with van der Waals surface area (Å²) in [5.74, 6) is 1.05. The molecule has 1 aromatic heterocycles. The van der Waals surface area contributed by atoms with Gasteiger partial charge >= 0.3 is 6.18 Å². The Labute approximate surface area is 244 Å². The van der Waals surface area contributed by atoms with Gasteiger partial charge in [-0.05, 0) is 90.0 Å². The summed E-state index contributed by atoms with van der Waals surface area (Å²) in [5.41, 5.74) is 3.97. The quantitative estimate of drug-likeness (QED) is 0.244. The summed E-state index contributed by atoms with van der Waals surface area (Å²) >= 11 is 3.50. The molecule has 2 unspecified atom stereocenters. The Morgan fingerprint density at radius 2 is 1.98 bits per heavy atom. The second-order valence-corrected chi connectivity index (χ2v) is 11.9. The number of likely N-dealkylation sites (tertiary alicyclic amines) is 1. The van der Waals surface area contributed by atoms with E-state index in [0.29, 0.717) is 35.9 Å². The van der Waals surface area contributed by atoms with Crippen LogP contribution in [0.15, 0.2) is 53.1 Å². The average Bonchev–Trinajstić information content (AvgIpc) is 3.17. The van der Waals surface area contributed by atoms with Gasteiger partial charge in [0, 0.05) is 37.2 Å². The van der Waals surface area contributed by atoms with Gasteiger partial charge in [-0.3, -0.25) is 9.69 Å². The number of aliphatic hydroxyl groups excluding tert-OH is 1. The molecule has 0 saturated carbocycles. The van der Waals surface area contributed by atoms with E-state index in [0.717, 1.165) is 40.9 Å². The highest BCUT2D eigenvalue weighted by Gasteiger charge is 2.40. The third-order valence-corrected chi connectivity index (χ3v) is 8.32. The van der Waals surface area contributed by atoms with E-state index in [9.17, 15) is 23.1 Å². The molecule has 0 spiro atoms. The number of nitrogens with zero attached hydrogens (tertiary/aromatic N) is 3.